The zero-order valence-corrected chi connectivity index (χ0v) is 10.3. The Hall–Kier alpha value is -0.990. The summed E-state index contributed by atoms with van der Waals surface area (Å²) in [5.74, 6) is 0. The van der Waals surface area contributed by atoms with E-state index >= 15 is 0 Å². The molecule has 0 bridgehead atoms. The van der Waals surface area contributed by atoms with Crippen molar-refractivity contribution in [1.29, 1.82) is 0 Å². The van der Waals surface area contributed by atoms with Crippen LogP contribution in [0.4, 0.5) is 0 Å². The number of fused-ring (bicyclic) bond motifs is 1. The molecule has 0 atom stereocenters. The van der Waals surface area contributed by atoms with E-state index in [-0.39, 0.29) is 5.41 Å². The first kappa shape index (κ1) is 11.5. The minimum absolute atomic E-state index is 0.0154. The fraction of sp³-hybridized carbons (Fsp3) is 0.385. The van der Waals surface area contributed by atoms with Gasteiger partial charge < -0.3 is 9.73 Å². The van der Waals surface area contributed by atoms with Crippen molar-refractivity contribution in [3.05, 3.63) is 36.1 Å². The zero-order chi connectivity index (χ0) is 11.6. The van der Waals surface area contributed by atoms with Crippen molar-refractivity contribution in [3.8, 4) is 0 Å². The second-order valence-electron chi connectivity index (χ2n) is 4.59. The van der Waals surface area contributed by atoms with Gasteiger partial charge in [0.15, 0.2) is 0 Å². The lowest BCUT2D eigenvalue weighted by Gasteiger charge is -2.23. The second-order valence-corrected chi connectivity index (χ2v) is 4.86. The summed E-state index contributed by atoms with van der Waals surface area (Å²) < 4.78 is 5.55. The fourth-order valence-electron chi connectivity index (χ4n) is 1.96. The van der Waals surface area contributed by atoms with Crippen LogP contribution in [0, 0.1) is 0 Å². The van der Waals surface area contributed by atoms with Crippen LogP contribution in [0.1, 0.15) is 19.4 Å². The van der Waals surface area contributed by atoms with Crippen molar-refractivity contribution >= 4 is 22.6 Å². The van der Waals surface area contributed by atoms with Crippen molar-refractivity contribution in [2.75, 3.05) is 12.5 Å². The first-order valence-corrected chi connectivity index (χ1v) is 5.92. The molecule has 0 radical (unpaired) electrons. The molecule has 16 heavy (non-hydrogen) atoms. The third-order valence-corrected chi connectivity index (χ3v) is 3.06. The maximum absolute atomic E-state index is 5.65. The van der Waals surface area contributed by atoms with Crippen LogP contribution in [0.25, 0.3) is 11.0 Å². The van der Waals surface area contributed by atoms with Gasteiger partial charge in [0.1, 0.15) is 5.58 Å². The van der Waals surface area contributed by atoms with Gasteiger partial charge in [0.2, 0.25) is 0 Å². The van der Waals surface area contributed by atoms with Gasteiger partial charge in [-0.2, -0.15) is 0 Å². The second kappa shape index (κ2) is 4.48. The Bertz CT molecular complexity index is 475. The van der Waals surface area contributed by atoms with E-state index in [2.05, 4.69) is 25.2 Å². The molecule has 1 heterocycles. The van der Waals surface area contributed by atoms with E-state index in [1.54, 1.807) is 0 Å². The highest BCUT2D eigenvalue weighted by Crippen LogP contribution is 2.31. The number of halogens is 1. The minimum Gasteiger partial charge on any atom is -0.464 e. The van der Waals surface area contributed by atoms with Crippen molar-refractivity contribution in [2.45, 2.75) is 19.3 Å². The van der Waals surface area contributed by atoms with Gasteiger partial charge in [0, 0.05) is 22.9 Å². The summed E-state index contributed by atoms with van der Waals surface area (Å²) in [6.07, 6.45) is 1.85. The Labute approximate surface area is 101 Å². The van der Waals surface area contributed by atoms with Crippen molar-refractivity contribution < 1.29 is 4.42 Å². The lowest BCUT2D eigenvalue weighted by atomic mass is 9.84. The minimum atomic E-state index is 0.0154. The van der Waals surface area contributed by atoms with E-state index in [0.29, 0.717) is 6.00 Å². The van der Waals surface area contributed by atoms with Crippen LogP contribution < -0.4 is 5.32 Å². The molecule has 2 rings (SSSR count). The molecule has 0 saturated heterocycles. The van der Waals surface area contributed by atoms with Crippen LogP contribution in [-0.2, 0) is 5.41 Å². The van der Waals surface area contributed by atoms with E-state index in [4.69, 9.17) is 16.0 Å². The molecule has 2 nitrogen and oxygen atoms in total. The molecule has 2 aromatic rings. The largest absolute Gasteiger partial charge is 0.464 e. The number of hydrogen-bond acceptors (Lipinski definition) is 2. The van der Waals surface area contributed by atoms with E-state index in [9.17, 15) is 0 Å². The van der Waals surface area contributed by atoms with E-state index in [1.165, 1.54) is 10.9 Å². The zero-order valence-electron chi connectivity index (χ0n) is 9.59. The van der Waals surface area contributed by atoms with Gasteiger partial charge in [-0.15, -0.1) is 11.6 Å². The quantitative estimate of drug-likeness (QED) is 0.651. The van der Waals surface area contributed by atoms with Gasteiger partial charge in [-0.25, -0.2) is 0 Å². The number of rotatable bonds is 4. The summed E-state index contributed by atoms with van der Waals surface area (Å²) in [4.78, 5) is 0. The number of benzene rings is 1. The van der Waals surface area contributed by atoms with Gasteiger partial charge >= 0.3 is 0 Å². The molecule has 0 aliphatic heterocycles. The predicted molar refractivity (Wildman–Crippen MR) is 68.0 cm³/mol. The average molecular weight is 238 g/mol. The van der Waals surface area contributed by atoms with E-state index in [1.807, 2.05) is 24.5 Å². The van der Waals surface area contributed by atoms with Gasteiger partial charge in [0.05, 0.1) is 12.3 Å². The van der Waals surface area contributed by atoms with Crippen LogP contribution >= 0.6 is 11.6 Å². The van der Waals surface area contributed by atoms with Crippen molar-refractivity contribution in [3.63, 3.8) is 0 Å². The van der Waals surface area contributed by atoms with Crippen molar-refractivity contribution in [1.82, 2.24) is 5.32 Å². The smallest absolute Gasteiger partial charge is 0.134 e. The summed E-state index contributed by atoms with van der Waals surface area (Å²) in [6, 6.07) is 8.58. The molecule has 0 aliphatic carbocycles. The number of nitrogens with one attached hydrogen (secondary N) is 1. The van der Waals surface area contributed by atoms with Crippen LogP contribution in [0.15, 0.2) is 34.9 Å². The first-order valence-electron chi connectivity index (χ1n) is 5.38. The molecule has 3 heteroatoms. The summed E-state index contributed by atoms with van der Waals surface area (Å²) in [6.45, 7) is 5.20. The maximum atomic E-state index is 5.65. The molecule has 0 spiro atoms. The van der Waals surface area contributed by atoms with Gasteiger partial charge in [0.25, 0.3) is 0 Å². The number of hydrogen-bond donors (Lipinski definition) is 1. The molecule has 0 amide bonds. The molecule has 1 N–H and O–H groups in total. The van der Waals surface area contributed by atoms with Gasteiger partial charge in [-0.05, 0) is 6.07 Å². The Morgan fingerprint density at radius 3 is 2.81 bits per heavy atom. The number of para-hydroxylation sites is 1. The lowest BCUT2D eigenvalue weighted by Crippen LogP contribution is -2.32. The van der Waals surface area contributed by atoms with Crippen molar-refractivity contribution in [2.24, 2.45) is 0 Å². The standard InChI is InChI=1S/C13H16ClNO/c1-13(2,8-15-9-14)11-7-16-12-6-4-3-5-10(11)12/h3-7,15H,8-9H2,1-2H3. The normalized spacial score (nSPS) is 12.2. The van der Waals surface area contributed by atoms with Crippen LogP contribution in [0.5, 0.6) is 0 Å². The van der Waals surface area contributed by atoms with E-state index in [0.717, 1.165) is 12.1 Å². The van der Waals surface area contributed by atoms with Gasteiger partial charge in [-0.1, -0.05) is 32.0 Å². The first-order chi connectivity index (χ1) is 7.65. The topological polar surface area (TPSA) is 25.2 Å². The number of furan rings is 1. The Morgan fingerprint density at radius 1 is 1.31 bits per heavy atom. The highest BCUT2D eigenvalue weighted by atomic mass is 35.5. The molecule has 0 aliphatic rings. The number of alkyl halides is 1. The van der Waals surface area contributed by atoms with Crippen LogP contribution in [0.3, 0.4) is 0 Å². The Morgan fingerprint density at radius 2 is 2.06 bits per heavy atom. The highest BCUT2D eigenvalue weighted by molar-refractivity contribution is 6.17. The molecule has 0 fully saturated rings. The van der Waals surface area contributed by atoms with E-state index < -0.39 is 0 Å². The molecule has 0 unspecified atom stereocenters. The summed E-state index contributed by atoms with van der Waals surface area (Å²) in [7, 11) is 0. The lowest BCUT2D eigenvalue weighted by molar-refractivity contribution is 0.481. The molecular formula is C13H16ClNO. The predicted octanol–water partition coefficient (Wildman–Crippen LogP) is 3.50. The van der Waals surface area contributed by atoms with Crippen LogP contribution in [-0.4, -0.2) is 12.5 Å². The van der Waals surface area contributed by atoms with Crippen LogP contribution in [0.2, 0.25) is 0 Å². The molecule has 1 aromatic heterocycles. The highest BCUT2D eigenvalue weighted by Gasteiger charge is 2.24. The third-order valence-electron chi connectivity index (χ3n) is 2.87. The summed E-state index contributed by atoms with van der Waals surface area (Å²) in [5, 5.41) is 4.35. The Balaban J connectivity index is 2.38. The maximum Gasteiger partial charge on any atom is 0.134 e. The summed E-state index contributed by atoms with van der Waals surface area (Å²) >= 11 is 5.65. The third kappa shape index (κ3) is 2.08. The molecule has 1 aromatic carbocycles. The molecule has 86 valence electrons. The SMILES string of the molecule is CC(C)(CNCCl)c1coc2ccccc12. The molecular weight excluding hydrogens is 222 g/mol. The van der Waals surface area contributed by atoms with Gasteiger partial charge in [-0.3, -0.25) is 0 Å². The summed E-state index contributed by atoms with van der Waals surface area (Å²) in [5.41, 5.74) is 2.18. The monoisotopic (exact) mass is 237 g/mol. The average Bonchev–Trinajstić information content (AvgIpc) is 2.71. The Kier molecular flexibility index (Phi) is 3.22. The molecule has 0 saturated carbocycles. The fourth-order valence-corrected chi connectivity index (χ4v) is 2.05.